The van der Waals surface area contributed by atoms with E-state index in [4.69, 9.17) is 16.3 Å². The van der Waals surface area contributed by atoms with Gasteiger partial charge in [0.25, 0.3) is 5.91 Å². The standard InChI is InChI=1S/C19H20ClNO3/c1-2-17(19(23)21-13-15-6-4-3-5-7-15)24-18(22)12-14-8-10-16(20)11-9-14/h3-11,17H,2,12-13H2,1H3,(H,21,23). The highest BCUT2D eigenvalue weighted by Crippen LogP contribution is 2.11. The van der Waals surface area contributed by atoms with Crippen molar-refractivity contribution in [2.75, 3.05) is 0 Å². The van der Waals surface area contributed by atoms with Gasteiger partial charge in [-0.25, -0.2) is 0 Å². The van der Waals surface area contributed by atoms with Gasteiger partial charge in [0, 0.05) is 11.6 Å². The Bertz CT molecular complexity index is 671. The molecule has 0 bridgehead atoms. The molecule has 2 aromatic rings. The van der Waals surface area contributed by atoms with Gasteiger partial charge in [-0.3, -0.25) is 9.59 Å². The Morgan fingerprint density at radius 3 is 2.33 bits per heavy atom. The van der Waals surface area contributed by atoms with Gasteiger partial charge in [0.15, 0.2) is 6.10 Å². The third-order valence-corrected chi connectivity index (χ3v) is 3.76. The lowest BCUT2D eigenvalue weighted by Crippen LogP contribution is -2.37. The molecule has 0 aliphatic heterocycles. The molecule has 1 unspecified atom stereocenters. The molecule has 0 aliphatic rings. The fourth-order valence-corrected chi connectivity index (χ4v) is 2.32. The molecule has 0 fully saturated rings. The Balaban J connectivity index is 1.84. The van der Waals surface area contributed by atoms with Crippen molar-refractivity contribution in [1.82, 2.24) is 5.32 Å². The predicted molar refractivity (Wildman–Crippen MR) is 93.6 cm³/mol. The van der Waals surface area contributed by atoms with Crippen molar-refractivity contribution >= 4 is 23.5 Å². The molecule has 1 atom stereocenters. The molecule has 0 saturated carbocycles. The van der Waals surface area contributed by atoms with Crippen molar-refractivity contribution in [2.24, 2.45) is 0 Å². The van der Waals surface area contributed by atoms with Crippen molar-refractivity contribution in [3.8, 4) is 0 Å². The summed E-state index contributed by atoms with van der Waals surface area (Å²) in [4.78, 5) is 24.2. The Morgan fingerprint density at radius 2 is 1.71 bits per heavy atom. The minimum Gasteiger partial charge on any atom is -0.452 e. The quantitative estimate of drug-likeness (QED) is 0.781. The number of esters is 1. The number of benzene rings is 2. The summed E-state index contributed by atoms with van der Waals surface area (Å²) in [6.07, 6.45) is -0.249. The van der Waals surface area contributed by atoms with Crippen LogP contribution in [0.3, 0.4) is 0 Å². The molecule has 1 amide bonds. The summed E-state index contributed by atoms with van der Waals surface area (Å²) in [5, 5.41) is 3.40. The predicted octanol–water partition coefficient (Wildman–Crippen LogP) is 3.52. The minimum absolute atomic E-state index is 0.111. The molecule has 126 valence electrons. The molecule has 0 saturated heterocycles. The van der Waals surface area contributed by atoms with Crippen LogP contribution in [0.5, 0.6) is 0 Å². The first-order valence-electron chi connectivity index (χ1n) is 7.84. The summed E-state index contributed by atoms with van der Waals surface area (Å²) < 4.78 is 5.30. The summed E-state index contributed by atoms with van der Waals surface area (Å²) in [6.45, 7) is 2.22. The van der Waals surface area contributed by atoms with Crippen molar-refractivity contribution in [3.63, 3.8) is 0 Å². The summed E-state index contributed by atoms with van der Waals surface area (Å²) in [5.74, 6) is -0.718. The van der Waals surface area contributed by atoms with E-state index in [2.05, 4.69) is 5.32 Å². The molecule has 0 spiro atoms. The summed E-state index contributed by atoms with van der Waals surface area (Å²) in [5.41, 5.74) is 1.79. The molecule has 0 aromatic heterocycles. The number of hydrogen-bond donors (Lipinski definition) is 1. The largest absolute Gasteiger partial charge is 0.452 e. The fraction of sp³-hybridized carbons (Fsp3) is 0.263. The lowest BCUT2D eigenvalue weighted by Gasteiger charge is -2.16. The molecule has 0 heterocycles. The summed E-state index contributed by atoms with van der Waals surface area (Å²) >= 11 is 5.81. The van der Waals surface area contributed by atoms with Crippen LogP contribution in [0, 0.1) is 0 Å². The minimum atomic E-state index is -0.784. The monoisotopic (exact) mass is 345 g/mol. The van der Waals surface area contributed by atoms with Gasteiger partial charge >= 0.3 is 5.97 Å². The van der Waals surface area contributed by atoms with Crippen molar-refractivity contribution in [2.45, 2.75) is 32.4 Å². The molecule has 24 heavy (non-hydrogen) atoms. The highest BCUT2D eigenvalue weighted by molar-refractivity contribution is 6.30. The van der Waals surface area contributed by atoms with Gasteiger partial charge in [-0.1, -0.05) is 61.0 Å². The highest BCUT2D eigenvalue weighted by atomic mass is 35.5. The Morgan fingerprint density at radius 1 is 1.04 bits per heavy atom. The second-order valence-corrected chi connectivity index (χ2v) is 5.83. The van der Waals surface area contributed by atoms with Gasteiger partial charge in [-0.2, -0.15) is 0 Å². The molecule has 0 aliphatic carbocycles. The maximum atomic E-state index is 12.2. The number of rotatable bonds is 7. The van der Waals surface area contributed by atoms with Gasteiger partial charge in [0.1, 0.15) is 0 Å². The third kappa shape index (κ3) is 5.70. The molecular formula is C19H20ClNO3. The van der Waals surface area contributed by atoms with Crippen molar-refractivity contribution < 1.29 is 14.3 Å². The number of halogens is 1. The summed E-state index contributed by atoms with van der Waals surface area (Å²) in [7, 11) is 0. The lowest BCUT2D eigenvalue weighted by molar-refractivity contribution is -0.155. The number of carbonyl (C=O) groups excluding carboxylic acids is 2. The molecule has 2 aromatic carbocycles. The smallest absolute Gasteiger partial charge is 0.311 e. The van der Waals surface area contributed by atoms with Crippen LogP contribution in [0.15, 0.2) is 54.6 Å². The van der Waals surface area contributed by atoms with E-state index in [0.29, 0.717) is 18.0 Å². The van der Waals surface area contributed by atoms with E-state index in [0.717, 1.165) is 11.1 Å². The van der Waals surface area contributed by atoms with Crippen LogP contribution < -0.4 is 5.32 Å². The maximum absolute atomic E-state index is 12.2. The molecule has 4 nitrogen and oxygen atoms in total. The first-order valence-corrected chi connectivity index (χ1v) is 8.22. The Labute approximate surface area is 146 Å². The Kier molecular flexibility index (Phi) is 6.82. The molecular weight excluding hydrogens is 326 g/mol. The van der Waals surface area contributed by atoms with Gasteiger partial charge in [0.2, 0.25) is 0 Å². The number of ether oxygens (including phenoxy) is 1. The van der Waals surface area contributed by atoms with Crippen LogP contribution in [0.2, 0.25) is 5.02 Å². The van der Waals surface area contributed by atoms with Crippen LogP contribution in [0.4, 0.5) is 0 Å². The average Bonchev–Trinajstić information content (AvgIpc) is 2.60. The van der Waals surface area contributed by atoms with E-state index in [1.54, 1.807) is 24.3 Å². The normalized spacial score (nSPS) is 11.6. The molecule has 5 heteroatoms. The number of amides is 1. The van der Waals surface area contributed by atoms with E-state index in [-0.39, 0.29) is 12.3 Å². The highest BCUT2D eigenvalue weighted by Gasteiger charge is 2.20. The zero-order valence-corrected chi connectivity index (χ0v) is 14.3. The van der Waals surface area contributed by atoms with E-state index in [9.17, 15) is 9.59 Å². The maximum Gasteiger partial charge on any atom is 0.311 e. The average molecular weight is 346 g/mol. The van der Waals surface area contributed by atoms with Gasteiger partial charge < -0.3 is 10.1 Å². The van der Waals surface area contributed by atoms with Crippen molar-refractivity contribution in [1.29, 1.82) is 0 Å². The second-order valence-electron chi connectivity index (χ2n) is 5.39. The first-order chi connectivity index (χ1) is 11.6. The fourth-order valence-electron chi connectivity index (χ4n) is 2.19. The van der Waals surface area contributed by atoms with Crippen LogP contribution in [0.1, 0.15) is 24.5 Å². The number of nitrogens with one attached hydrogen (secondary N) is 1. The zero-order valence-electron chi connectivity index (χ0n) is 13.5. The summed E-state index contributed by atoms with van der Waals surface area (Å²) in [6, 6.07) is 16.5. The molecule has 1 N–H and O–H groups in total. The SMILES string of the molecule is CCC(OC(=O)Cc1ccc(Cl)cc1)C(=O)NCc1ccccc1. The van der Waals surface area contributed by atoms with Crippen LogP contribution in [0.25, 0.3) is 0 Å². The Hall–Kier alpha value is -2.33. The van der Waals surface area contributed by atoms with Crippen LogP contribution in [-0.2, 0) is 27.3 Å². The molecule has 2 rings (SSSR count). The van der Waals surface area contributed by atoms with E-state index >= 15 is 0 Å². The van der Waals surface area contributed by atoms with E-state index in [1.807, 2.05) is 37.3 Å². The van der Waals surface area contributed by atoms with Gasteiger partial charge in [0.05, 0.1) is 6.42 Å². The number of carbonyl (C=O) groups is 2. The van der Waals surface area contributed by atoms with Crippen molar-refractivity contribution in [3.05, 3.63) is 70.7 Å². The van der Waals surface area contributed by atoms with Crippen LogP contribution in [-0.4, -0.2) is 18.0 Å². The first kappa shape index (κ1) is 18.0. The van der Waals surface area contributed by atoms with Gasteiger partial charge in [-0.15, -0.1) is 0 Å². The lowest BCUT2D eigenvalue weighted by atomic mass is 10.1. The van der Waals surface area contributed by atoms with E-state index in [1.165, 1.54) is 0 Å². The topological polar surface area (TPSA) is 55.4 Å². The van der Waals surface area contributed by atoms with Crippen LogP contribution >= 0.6 is 11.6 Å². The zero-order chi connectivity index (χ0) is 17.4. The number of hydrogen-bond acceptors (Lipinski definition) is 3. The van der Waals surface area contributed by atoms with E-state index < -0.39 is 12.1 Å². The van der Waals surface area contributed by atoms with Gasteiger partial charge in [-0.05, 0) is 29.7 Å². The second kappa shape index (κ2) is 9.08. The third-order valence-electron chi connectivity index (χ3n) is 3.51. The molecule has 0 radical (unpaired) electrons.